The van der Waals surface area contributed by atoms with Gasteiger partial charge in [-0.3, -0.25) is 4.90 Å². The Morgan fingerprint density at radius 3 is 2.70 bits per heavy atom. The van der Waals surface area contributed by atoms with E-state index in [0.29, 0.717) is 6.54 Å². The summed E-state index contributed by atoms with van der Waals surface area (Å²) in [4.78, 5) is 25.0. The number of benzene rings is 1. The molecule has 2 amide bonds. The molecule has 0 saturated heterocycles. The predicted octanol–water partition coefficient (Wildman–Crippen LogP) is 2.26. The van der Waals surface area contributed by atoms with Crippen molar-refractivity contribution in [3.63, 3.8) is 0 Å². The van der Waals surface area contributed by atoms with Gasteiger partial charge in [-0.05, 0) is 36.0 Å². The molecular weight excluding hydrogens is 256 g/mol. The molecule has 1 fully saturated rings. The molecule has 1 aliphatic heterocycles. The number of aromatic carboxylic acids is 1. The molecule has 20 heavy (non-hydrogen) atoms. The summed E-state index contributed by atoms with van der Waals surface area (Å²) >= 11 is 0. The van der Waals surface area contributed by atoms with Crippen LogP contribution in [0.4, 0.5) is 10.5 Å². The first-order chi connectivity index (χ1) is 9.38. The van der Waals surface area contributed by atoms with Crippen LogP contribution in [0.1, 0.15) is 36.2 Å². The van der Waals surface area contributed by atoms with Gasteiger partial charge in [0.05, 0.1) is 5.56 Å². The van der Waals surface area contributed by atoms with Crippen molar-refractivity contribution in [1.29, 1.82) is 0 Å². The molecule has 2 aliphatic rings. The predicted molar refractivity (Wildman–Crippen MR) is 75.2 cm³/mol. The van der Waals surface area contributed by atoms with Gasteiger partial charge in [0.2, 0.25) is 0 Å². The van der Waals surface area contributed by atoms with Crippen LogP contribution in [0.3, 0.4) is 0 Å². The Balaban J connectivity index is 1.79. The van der Waals surface area contributed by atoms with Gasteiger partial charge in [0.25, 0.3) is 0 Å². The quantitative estimate of drug-likeness (QED) is 0.869. The average molecular weight is 274 g/mol. The van der Waals surface area contributed by atoms with Gasteiger partial charge in [-0.2, -0.15) is 0 Å². The summed E-state index contributed by atoms with van der Waals surface area (Å²) < 4.78 is 0. The highest BCUT2D eigenvalue weighted by Crippen LogP contribution is 2.44. The van der Waals surface area contributed by atoms with Crippen LogP contribution in [0.25, 0.3) is 0 Å². The molecule has 0 radical (unpaired) electrons. The van der Waals surface area contributed by atoms with E-state index < -0.39 is 5.97 Å². The van der Waals surface area contributed by atoms with Gasteiger partial charge in [-0.25, -0.2) is 9.59 Å². The maximum atomic E-state index is 12.3. The lowest BCUT2D eigenvalue weighted by Crippen LogP contribution is -2.41. The van der Waals surface area contributed by atoms with E-state index in [2.05, 4.69) is 19.2 Å². The number of fused-ring (bicyclic) bond motifs is 1. The van der Waals surface area contributed by atoms with Crippen molar-refractivity contribution in [2.45, 2.75) is 32.7 Å². The fourth-order valence-electron chi connectivity index (χ4n) is 2.66. The van der Waals surface area contributed by atoms with Crippen molar-refractivity contribution in [3.8, 4) is 0 Å². The van der Waals surface area contributed by atoms with Crippen LogP contribution in [0.2, 0.25) is 0 Å². The maximum absolute atomic E-state index is 12.3. The number of hydrogen-bond acceptors (Lipinski definition) is 2. The number of rotatable bonds is 2. The third kappa shape index (κ3) is 2.13. The molecule has 1 atom stereocenters. The van der Waals surface area contributed by atoms with Crippen molar-refractivity contribution in [1.82, 2.24) is 5.32 Å². The highest BCUT2D eigenvalue weighted by atomic mass is 16.4. The van der Waals surface area contributed by atoms with E-state index in [0.717, 1.165) is 24.1 Å². The van der Waals surface area contributed by atoms with E-state index in [-0.39, 0.29) is 23.1 Å². The van der Waals surface area contributed by atoms with Gasteiger partial charge in [0.1, 0.15) is 0 Å². The van der Waals surface area contributed by atoms with Crippen LogP contribution >= 0.6 is 0 Å². The molecule has 1 aliphatic carbocycles. The van der Waals surface area contributed by atoms with E-state index in [1.54, 1.807) is 23.1 Å². The van der Waals surface area contributed by atoms with E-state index in [1.165, 1.54) is 0 Å². The molecule has 0 aromatic heterocycles. The Bertz CT molecular complexity index is 595. The first-order valence-electron chi connectivity index (χ1n) is 6.83. The smallest absolute Gasteiger partial charge is 0.335 e. The topological polar surface area (TPSA) is 69.6 Å². The number of nitrogens with one attached hydrogen (secondary N) is 1. The number of hydrogen-bond donors (Lipinski definition) is 2. The van der Waals surface area contributed by atoms with E-state index in [1.807, 2.05) is 0 Å². The molecule has 1 unspecified atom stereocenters. The minimum absolute atomic E-state index is 0.123. The van der Waals surface area contributed by atoms with Crippen molar-refractivity contribution in [3.05, 3.63) is 29.3 Å². The molecule has 2 N–H and O–H groups in total. The zero-order valence-corrected chi connectivity index (χ0v) is 11.6. The summed E-state index contributed by atoms with van der Waals surface area (Å²) in [7, 11) is 0. The lowest BCUT2D eigenvalue weighted by Gasteiger charge is -2.19. The zero-order valence-electron chi connectivity index (χ0n) is 11.6. The molecule has 1 aromatic rings. The third-order valence-electron chi connectivity index (χ3n) is 4.28. The van der Waals surface area contributed by atoms with Gasteiger partial charge >= 0.3 is 12.0 Å². The monoisotopic (exact) mass is 274 g/mol. The molecule has 0 spiro atoms. The standard InChI is InChI=1S/C15H18N2O3/c1-15(2)8-12(15)16-14(20)17-6-5-9-3-4-10(13(18)19)7-11(9)17/h3-4,7,12H,5-6,8H2,1-2H3,(H,16,20)(H,18,19). The number of anilines is 1. The molecule has 5 nitrogen and oxygen atoms in total. The summed E-state index contributed by atoms with van der Waals surface area (Å²) in [5.74, 6) is -0.969. The van der Waals surface area contributed by atoms with Crippen molar-refractivity contribution in [2.75, 3.05) is 11.4 Å². The number of carbonyl (C=O) groups excluding carboxylic acids is 1. The van der Waals surface area contributed by atoms with Gasteiger partial charge in [-0.15, -0.1) is 0 Å². The molecule has 3 rings (SSSR count). The van der Waals surface area contributed by atoms with Gasteiger partial charge in [0.15, 0.2) is 0 Å². The van der Waals surface area contributed by atoms with Crippen molar-refractivity contribution in [2.24, 2.45) is 5.41 Å². The van der Waals surface area contributed by atoms with Crippen molar-refractivity contribution < 1.29 is 14.7 Å². The summed E-state index contributed by atoms with van der Waals surface area (Å²) in [6.45, 7) is 4.86. The zero-order chi connectivity index (χ0) is 14.5. The van der Waals surface area contributed by atoms with Gasteiger partial charge in [0, 0.05) is 18.3 Å². The Hall–Kier alpha value is -2.04. The highest BCUT2D eigenvalue weighted by molar-refractivity contribution is 5.97. The minimum Gasteiger partial charge on any atom is -0.478 e. The first kappa shape index (κ1) is 13.0. The Morgan fingerprint density at radius 1 is 1.40 bits per heavy atom. The van der Waals surface area contributed by atoms with E-state index >= 15 is 0 Å². The number of amides is 2. The second-order valence-electron chi connectivity index (χ2n) is 6.25. The largest absolute Gasteiger partial charge is 0.478 e. The summed E-state index contributed by atoms with van der Waals surface area (Å²) in [5.41, 5.74) is 2.15. The number of carbonyl (C=O) groups is 2. The van der Waals surface area contributed by atoms with Gasteiger partial charge < -0.3 is 10.4 Å². The maximum Gasteiger partial charge on any atom is 0.335 e. The fraction of sp³-hybridized carbons (Fsp3) is 0.467. The van der Waals surface area contributed by atoms with E-state index in [4.69, 9.17) is 5.11 Å². The summed E-state index contributed by atoms with van der Waals surface area (Å²) in [5, 5.41) is 12.1. The molecule has 0 bridgehead atoms. The lowest BCUT2D eigenvalue weighted by molar-refractivity contribution is 0.0697. The summed E-state index contributed by atoms with van der Waals surface area (Å²) in [6.07, 6.45) is 1.77. The lowest BCUT2D eigenvalue weighted by atomic mass is 10.1. The molecule has 1 heterocycles. The fourth-order valence-corrected chi connectivity index (χ4v) is 2.66. The molecule has 106 valence electrons. The van der Waals surface area contributed by atoms with Gasteiger partial charge in [-0.1, -0.05) is 19.9 Å². The van der Waals surface area contributed by atoms with Crippen LogP contribution in [0.15, 0.2) is 18.2 Å². The number of carboxylic acid groups (broad SMARTS) is 1. The first-order valence-corrected chi connectivity index (χ1v) is 6.83. The molecule has 5 heteroatoms. The highest BCUT2D eigenvalue weighted by Gasteiger charge is 2.47. The van der Waals surface area contributed by atoms with Crippen LogP contribution in [-0.2, 0) is 6.42 Å². The molecular formula is C15H18N2O3. The summed E-state index contributed by atoms with van der Waals surface area (Å²) in [6, 6.07) is 5.07. The molecule has 1 aromatic carbocycles. The number of carboxylic acids is 1. The Morgan fingerprint density at radius 2 is 2.10 bits per heavy atom. The third-order valence-corrected chi connectivity index (χ3v) is 4.28. The van der Waals surface area contributed by atoms with Crippen LogP contribution in [0, 0.1) is 5.41 Å². The minimum atomic E-state index is -0.969. The van der Waals surface area contributed by atoms with E-state index in [9.17, 15) is 9.59 Å². The Labute approximate surface area is 117 Å². The second kappa shape index (κ2) is 4.23. The second-order valence-corrected chi connectivity index (χ2v) is 6.25. The van der Waals surface area contributed by atoms with Crippen LogP contribution in [0.5, 0.6) is 0 Å². The van der Waals surface area contributed by atoms with Crippen molar-refractivity contribution >= 4 is 17.7 Å². The Kier molecular flexibility index (Phi) is 2.74. The van der Waals surface area contributed by atoms with Crippen LogP contribution in [-0.4, -0.2) is 29.7 Å². The SMILES string of the molecule is CC1(C)CC1NC(=O)N1CCc2ccc(C(=O)O)cc21. The number of nitrogens with zero attached hydrogens (tertiary/aromatic N) is 1. The normalized spacial score (nSPS) is 22.3. The van der Waals surface area contributed by atoms with Crippen LogP contribution < -0.4 is 10.2 Å². The average Bonchev–Trinajstić information content (AvgIpc) is 2.83. The number of urea groups is 1. The molecule has 1 saturated carbocycles.